The van der Waals surface area contributed by atoms with Crippen LogP contribution in [-0.2, 0) is 22.4 Å². The van der Waals surface area contributed by atoms with Crippen LogP contribution in [0.25, 0.3) is 10.9 Å². The topological polar surface area (TPSA) is 62.0 Å². The van der Waals surface area contributed by atoms with Crippen LogP contribution >= 0.6 is 0 Å². The minimum atomic E-state index is -0.211. The third-order valence-electron chi connectivity index (χ3n) is 7.22. The first-order valence-corrected chi connectivity index (χ1v) is 11.6. The van der Waals surface area contributed by atoms with Gasteiger partial charge in [-0.1, -0.05) is 42.5 Å². The Morgan fingerprint density at radius 2 is 1.84 bits per heavy atom. The molecule has 0 unspecified atom stereocenters. The summed E-state index contributed by atoms with van der Waals surface area (Å²) in [5.41, 5.74) is 5.88. The third-order valence-corrected chi connectivity index (χ3v) is 7.22. The Balaban J connectivity index is 1.27. The number of hydrogen-bond donors (Lipinski definition) is 2. The third kappa shape index (κ3) is 3.91. The van der Waals surface area contributed by atoms with Crippen molar-refractivity contribution in [3.05, 3.63) is 70.9 Å². The van der Waals surface area contributed by atoms with Gasteiger partial charge in [-0.3, -0.25) is 9.59 Å². The maximum atomic E-state index is 13.1. The molecule has 1 fully saturated rings. The van der Waals surface area contributed by atoms with Crippen LogP contribution in [0.1, 0.15) is 73.4 Å². The van der Waals surface area contributed by atoms with Crippen LogP contribution in [0.4, 0.5) is 0 Å². The van der Waals surface area contributed by atoms with Gasteiger partial charge < -0.3 is 10.3 Å². The van der Waals surface area contributed by atoms with Gasteiger partial charge in [0.05, 0.1) is 12.0 Å². The number of nitrogens with one attached hydrogen (secondary N) is 2. The summed E-state index contributed by atoms with van der Waals surface area (Å²) in [5.74, 6) is 0.441. The Morgan fingerprint density at radius 3 is 2.61 bits per heavy atom. The number of carbonyl (C=O) groups is 2. The molecule has 2 N–H and O–H groups in total. The van der Waals surface area contributed by atoms with E-state index >= 15 is 0 Å². The second-order valence-corrected chi connectivity index (χ2v) is 9.24. The van der Waals surface area contributed by atoms with E-state index in [4.69, 9.17) is 0 Å². The summed E-state index contributed by atoms with van der Waals surface area (Å²) in [5, 5.41) is 4.58. The Kier molecular flexibility index (Phi) is 5.39. The first-order valence-electron chi connectivity index (χ1n) is 11.6. The minimum Gasteiger partial charge on any atom is -0.356 e. The molecule has 31 heavy (non-hydrogen) atoms. The van der Waals surface area contributed by atoms with Gasteiger partial charge in [-0.15, -0.1) is 0 Å². The van der Waals surface area contributed by atoms with Crippen molar-refractivity contribution in [3.63, 3.8) is 0 Å². The Morgan fingerprint density at radius 1 is 1.06 bits per heavy atom. The molecular weight excluding hydrogens is 384 g/mol. The normalized spacial score (nSPS) is 21.8. The van der Waals surface area contributed by atoms with Gasteiger partial charge in [-0.05, 0) is 68.2 Å². The zero-order valence-corrected chi connectivity index (χ0v) is 18.1. The molecule has 0 aliphatic heterocycles. The quantitative estimate of drug-likeness (QED) is 0.589. The van der Waals surface area contributed by atoms with Crippen LogP contribution < -0.4 is 5.32 Å². The molecule has 2 aromatic carbocycles. The van der Waals surface area contributed by atoms with Gasteiger partial charge in [0.1, 0.15) is 5.78 Å². The largest absolute Gasteiger partial charge is 0.356 e. The molecule has 4 nitrogen and oxygen atoms in total. The van der Waals surface area contributed by atoms with Crippen molar-refractivity contribution in [2.45, 2.75) is 63.8 Å². The molecule has 1 heterocycles. The molecule has 3 atom stereocenters. The summed E-state index contributed by atoms with van der Waals surface area (Å²) in [6.45, 7) is 1.97. The standard InChI is InChI=1S/C27H30N2O2/c1-17(19-14-12-18(13-15-19)16-20-6-4-11-25(20)30)27(31)29-24-10-5-8-22-21-7-2-3-9-23(21)28-26(22)24/h2-3,7,9,12-15,17,20,24,28H,4-6,8,10-11,16H2,1H3,(H,29,31)/t17-,20+,24+/m0/s1. The fraction of sp³-hybridized carbons (Fsp3) is 0.407. The lowest BCUT2D eigenvalue weighted by Gasteiger charge is -2.25. The molecule has 0 radical (unpaired) electrons. The van der Waals surface area contributed by atoms with E-state index in [2.05, 4.69) is 40.6 Å². The number of aryl methyl sites for hydroxylation is 1. The zero-order chi connectivity index (χ0) is 21.4. The lowest BCUT2D eigenvalue weighted by Crippen LogP contribution is -2.34. The van der Waals surface area contributed by atoms with E-state index in [1.807, 2.05) is 25.1 Å². The molecule has 0 saturated heterocycles. The van der Waals surface area contributed by atoms with Crippen molar-refractivity contribution in [2.75, 3.05) is 0 Å². The molecule has 1 aromatic heterocycles. The highest BCUT2D eigenvalue weighted by molar-refractivity contribution is 5.87. The molecule has 5 rings (SSSR count). The average Bonchev–Trinajstić information content (AvgIpc) is 3.37. The number of amides is 1. The summed E-state index contributed by atoms with van der Waals surface area (Å²) in [7, 11) is 0. The molecular formula is C27H30N2O2. The molecule has 2 aliphatic carbocycles. The van der Waals surface area contributed by atoms with E-state index in [1.54, 1.807) is 0 Å². The van der Waals surface area contributed by atoms with Crippen LogP contribution in [0.5, 0.6) is 0 Å². The summed E-state index contributed by atoms with van der Waals surface area (Å²) < 4.78 is 0. The predicted octanol–water partition coefficient (Wildman–Crippen LogP) is 5.38. The average molecular weight is 415 g/mol. The number of para-hydroxylation sites is 1. The molecule has 0 bridgehead atoms. The summed E-state index contributed by atoms with van der Waals surface area (Å²) in [6, 6.07) is 16.7. The second-order valence-electron chi connectivity index (χ2n) is 9.24. The summed E-state index contributed by atoms with van der Waals surface area (Å²) in [6.07, 6.45) is 6.71. The second kappa shape index (κ2) is 8.33. The van der Waals surface area contributed by atoms with E-state index in [0.717, 1.165) is 56.0 Å². The zero-order valence-electron chi connectivity index (χ0n) is 18.1. The van der Waals surface area contributed by atoms with Crippen molar-refractivity contribution in [1.29, 1.82) is 0 Å². The number of benzene rings is 2. The van der Waals surface area contributed by atoms with Gasteiger partial charge in [0.2, 0.25) is 5.91 Å². The summed E-state index contributed by atoms with van der Waals surface area (Å²) in [4.78, 5) is 28.5. The molecule has 1 saturated carbocycles. The number of carbonyl (C=O) groups excluding carboxylic acids is 2. The van der Waals surface area contributed by atoms with Crippen LogP contribution in [0.3, 0.4) is 0 Å². The van der Waals surface area contributed by atoms with Crippen molar-refractivity contribution in [3.8, 4) is 0 Å². The lowest BCUT2D eigenvalue weighted by atomic mass is 9.90. The number of hydrogen-bond acceptors (Lipinski definition) is 2. The monoisotopic (exact) mass is 414 g/mol. The van der Waals surface area contributed by atoms with Gasteiger partial charge in [-0.25, -0.2) is 0 Å². The smallest absolute Gasteiger partial charge is 0.227 e. The number of ketones is 1. The fourth-order valence-electron chi connectivity index (χ4n) is 5.34. The number of Topliss-reactive ketones (excluding diaryl/α,β-unsaturated/α-hetero) is 1. The van der Waals surface area contributed by atoms with E-state index in [1.165, 1.54) is 22.2 Å². The van der Waals surface area contributed by atoms with E-state index in [0.29, 0.717) is 5.78 Å². The molecule has 3 aromatic rings. The fourth-order valence-corrected chi connectivity index (χ4v) is 5.34. The Labute approximate surface area is 183 Å². The van der Waals surface area contributed by atoms with Gasteiger partial charge in [0.25, 0.3) is 0 Å². The molecule has 160 valence electrons. The summed E-state index contributed by atoms with van der Waals surface area (Å²) >= 11 is 0. The van der Waals surface area contributed by atoms with Gasteiger partial charge in [0.15, 0.2) is 0 Å². The highest BCUT2D eigenvalue weighted by Crippen LogP contribution is 2.35. The predicted molar refractivity (Wildman–Crippen MR) is 123 cm³/mol. The first kappa shape index (κ1) is 20.0. The van der Waals surface area contributed by atoms with Gasteiger partial charge >= 0.3 is 0 Å². The molecule has 2 aliphatic rings. The van der Waals surface area contributed by atoms with Crippen LogP contribution in [0.15, 0.2) is 48.5 Å². The minimum absolute atomic E-state index is 0.0405. The maximum absolute atomic E-state index is 13.1. The van der Waals surface area contributed by atoms with E-state index in [-0.39, 0.29) is 23.8 Å². The first-order chi connectivity index (χ1) is 15.1. The Bertz CT molecular complexity index is 1110. The maximum Gasteiger partial charge on any atom is 0.227 e. The SMILES string of the molecule is C[C@H](C(=O)N[C@@H]1CCCc2c1[nH]c1ccccc21)c1ccc(C[C@H]2CCCC2=O)cc1. The van der Waals surface area contributed by atoms with Gasteiger partial charge in [-0.2, -0.15) is 0 Å². The van der Waals surface area contributed by atoms with Crippen LogP contribution in [0, 0.1) is 5.92 Å². The van der Waals surface area contributed by atoms with Crippen molar-refractivity contribution in [2.24, 2.45) is 5.92 Å². The highest BCUT2D eigenvalue weighted by Gasteiger charge is 2.28. The Hall–Kier alpha value is -2.88. The number of aromatic nitrogens is 1. The lowest BCUT2D eigenvalue weighted by molar-refractivity contribution is -0.123. The number of rotatable bonds is 5. The van der Waals surface area contributed by atoms with Crippen molar-refractivity contribution >= 4 is 22.6 Å². The van der Waals surface area contributed by atoms with Crippen LogP contribution in [-0.4, -0.2) is 16.7 Å². The van der Waals surface area contributed by atoms with Crippen molar-refractivity contribution < 1.29 is 9.59 Å². The van der Waals surface area contributed by atoms with E-state index in [9.17, 15) is 9.59 Å². The molecule has 4 heteroatoms. The molecule has 1 amide bonds. The van der Waals surface area contributed by atoms with Crippen LogP contribution in [0.2, 0.25) is 0 Å². The highest BCUT2D eigenvalue weighted by atomic mass is 16.2. The molecule has 0 spiro atoms. The number of aromatic amines is 1. The van der Waals surface area contributed by atoms with E-state index < -0.39 is 0 Å². The van der Waals surface area contributed by atoms with Gasteiger partial charge in [0, 0.05) is 28.9 Å². The van der Waals surface area contributed by atoms with Crippen molar-refractivity contribution in [1.82, 2.24) is 10.3 Å². The number of fused-ring (bicyclic) bond motifs is 3. The number of H-pyrrole nitrogens is 1.